The first-order valence-electron chi connectivity index (χ1n) is 6.90. The van der Waals surface area contributed by atoms with Crippen molar-refractivity contribution in [3.8, 4) is 11.5 Å². The highest BCUT2D eigenvalue weighted by atomic mass is 35.5. The van der Waals surface area contributed by atoms with Gasteiger partial charge in [0.1, 0.15) is 0 Å². The second-order valence-corrected chi connectivity index (χ2v) is 6.36. The Labute approximate surface area is 147 Å². The molecule has 0 aromatic heterocycles. The molecule has 0 radical (unpaired) electrons. The molecule has 122 valence electrons. The number of hydrogen-bond donors (Lipinski definition) is 1. The molecule has 1 fully saturated rings. The van der Waals surface area contributed by atoms with Crippen LogP contribution < -0.4 is 9.64 Å². The molecule has 0 atom stereocenters. The van der Waals surface area contributed by atoms with Crippen LogP contribution in [0, 0.1) is 0 Å². The smallest absolute Gasteiger partial charge is 0.298 e. The van der Waals surface area contributed by atoms with Gasteiger partial charge in [-0.05, 0) is 53.7 Å². The Kier molecular flexibility index (Phi) is 4.51. The van der Waals surface area contributed by atoms with Crippen molar-refractivity contribution in [2.24, 2.45) is 0 Å². The maximum absolute atomic E-state index is 12.5. The number of nitrogens with zero attached hydrogens (tertiary/aromatic N) is 1. The molecule has 0 saturated carbocycles. The topological polar surface area (TPSA) is 66.8 Å². The van der Waals surface area contributed by atoms with E-state index >= 15 is 0 Å². The summed E-state index contributed by atoms with van der Waals surface area (Å²) in [7, 11) is 1.44. The quantitative estimate of drug-likeness (QED) is 0.826. The summed E-state index contributed by atoms with van der Waals surface area (Å²) in [6.45, 7) is 0. The van der Waals surface area contributed by atoms with Gasteiger partial charge in [-0.25, -0.2) is 4.90 Å². The first kappa shape index (κ1) is 16.4. The minimum absolute atomic E-state index is 0.00156. The number of thioether (sulfide) groups is 1. The number of rotatable bonds is 3. The number of aromatic hydroxyl groups is 1. The molecule has 0 spiro atoms. The fraction of sp³-hybridized carbons (Fsp3) is 0.0588. The molecule has 2 amide bonds. The van der Waals surface area contributed by atoms with Crippen LogP contribution in [0.5, 0.6) is 11.5 Å². The number of benzene rings is 2. The van der Waals surface area contributed by atoms with Crippen molar-refractivity contribution in [3.05, 3.63) is 58.0 Å². The number of hydrogen-bond acceptors (Lipinski definition) is 5. The van der Waals surface area contributed by atoms with Gasteiger partial charge in [0, 0.05) is 5.02 Å². The van der Waals surface area contributed by atoms with Crippen LogP contribution in [0.2, 0.25) is 5.02 Å². The molecule has 3 rings (SSSR count). The van der Waals surface area contributed by atoms with Gasteiger partial charge < -0.3 is 9.84 Å². The number of anilines is 1. The third kappa shape index (κ3) is 3.11. The Morgan fingerprint density at radius 3 is 2.71 bits per heavy atom. The highest BCUT2D eigenvalue weighted by molar-refractivity contribution is 8.19. The van der Waals surface area contributed by atoms with Crippen molar-refractivity contribution in [3.63, 3.8) is 0 Å². The van der Waals surface area contributed by atoms with Crippen molar-refractivity contribution in [1.82, 2.24) is 0 Å². The fourth-order valence-corrected chi connectivity index (χ4v) is 3.27. The Morgan fingerprint density at radius 2 is 2.00 bits per heavy atom. The second kappa shape index (κ2) is 6.59. The largest absolute Gasteiger partial charge is 0.504 e. The first-order valence-corrected chi connectivity index (χ1v) is 8.09. The molecule has 0 aliphatic carbocycles. The van der Waals surface area contributed by atoms with Crippen molar-refractivity contribution in [1.29, 1.82) is 0 Å². The summed E-state index contributed by atoms with van der Waals surface area (Å²) in [5, 5.41) is 9.67. The lowest BCUT2D eigenvalue weighted by Gasteiger charge is -2.12. The van der Waals surface area contributed by atoms with E-state index < -0.39 is 5.91 Å². The lowest BCUT2D eigenvalue weighted by Crippen LogP contribution is -2.27. The number of carbonyl (C=O) groups excluding carboxylic acids is 2. The van der Waals surface area contributed by atoms with E-state index in [0.29, 0.717) is 16.3 Å². The molecule has 7 heteroatoms. The number of ether oxygens (including phenoxy) is 1. The number of phenolic OH excluding ortho intramolecular Hbond substituents is 1. The second-order valence-electron chi connectivity index (χ2n) is 4.93. The Morgan fingerprint density at radius 1 is 1.21 bits per heavy atom. The molecule has 1 heterocycles. The summed E-state index contributed by atoms with van der Waals surface area (Å²) >= 11 is 6.77. The molecule has 1 aliphatic heterocycles. The number of amides is 2. The Hall–Kier alpha value is -2.44. The van der Waals surface area contributed by atoms with Gasteiger partial charge in [0.05, 0.1) is 17.7 Å². The first-order chi connectivity index (χ1) is 11.5. The van der Waals surface area contributed by atoms with Gasteiger partial charge in [0.25, 0.3) is 11.1 Å². The zero-order chi connectivity index (χ0) is 17.3. The molecule has 5 nitrogen and oxygen atoms in total. The van der Waals surface area contributed by atoms with Gasteiger partial charge in [0.2, 0.25) is 0 Å². The van der Waals surface area contributed by atoms with Crippen LogP contribution >= 0.6 is 23.4 Å². The summed E-state index contributed by atoms with van der Waals surface area (Å²) < 4.78 is 5.04. The summed E-state index contributed by atoms with van der Waals surface area (Å²) in [5.74, 6) is -0.126. The van der Waals surface area contributed by atoms with E-state index in [0.717, 1.165) is 16.7 Å². The van der Waals surface area contributed by atoms with Crippen LogP contribution in [0.1, 0.15) is 5.56 Å². The average molecular weight is 362 g/mol. The van der Waals surface area contributed by atoms with Crippen molar-refractivity contribution < 1.29 is 19.4 Å². The van der Waals surface area contributed by atoms with E-state index in [9.17, 15) is 14.7 Å². The minimum atomic E-state index is -0.417. The van der Waals surface area contributed by atoms with Crippen LogP contribution in [0.25, 0.3) is 6.08 Å². The maximum atomic E-state index is 12.5. The fourth-order valence-electron chi connectivity index (χ4n) is 2.24. The Bertz CT molecular complexity index is 865. The zero-order valence-corrected chi connectivity index (χ0v) is 14.1. The summed E-state index contributed by atoms with van der Waals surface area (Å²) in [6.07, 6.45) is 1.58. The van der Waals surface area contributed by atoms with E-state index in [1.165, 1.54) is 13.2 Å². The van der Waals surface area contributed by atoms with E-state index in [4.69, 9.17) is 16.3 Å². The summed E-state index contributed by atoms with van der Waals surface area (Å²) in [6, 6.07) is 11.2. The standard InChI is InChI=1S/C17H12ClNO4S/c1-23-14-7-10(5-6-13(14)20)8-15-16(21)19(17(22)24-15)12-4-2-3-11(18)9-12/h2-9,20H,1H3. The molecular formula is C17H12ClNO4S. The molecule has 0 bridgehead atoms. The van der Waals surface area contributed by atoms with Crippen molar-refractivity contribution in [2.45, 2.75) is 0 Å². The number of halogens is 1. The SMILES string of the molecule is COc1cc(C=C2SC(=O)N(c3cccc(Cl)c3)C2=O)ccc1O. The monoisotopic (exact) mass is 361 g/mol. The third-order valence-corrected chi connectivity index (χ3v) is 4.47. The van der Waals surface area contributed by atoms with Crippen LogP contribution in [0.3, 0.4) is 0 Å². The third-order valence-electron chi connectivity index (χ3n) is 3.36. The van der Waals surface area contributed by atoms with Gasteiger partial charge in [-0.2, -0.15) is 0 Å². The van der Waals surface area contributed by atoms with Crippen molar-refractivity contribution >= 4 is 46.3 Å². The van der Waals surface area contributed by atoms with Crippen LogP contribution in [-0.2, 0) is 4.79 Å². The predicted octanol–water partition coefficient (Wildman–Crippen LogP) is 4.30. The van der Waals surface area contributed by atoms with Gasteiger partial charge in [0.15, 0.2) is 11.5 Å². The molecule has 0 unspecified atom stereocenters. The molecular weight excluding hydrogens is 350 g/mol. The van der Waals surface area contributed by atoms with Gasteiger partial charge in [-0.3, -0.25) is 9.59 Å². The van der Waals surface area contributed by atoms with Crippen molar-refractivity contribution in [2.75, 3.05) is 12.0 Å². The lowest BCUT2D eigenvalue weighted by atomic mass is 10.2. The van der Waals surface area contributed by atoms with Gasteiger partial charge in [-0.1, -0.05) is 23.7 Å². The number of carbonyl (C=O) groups is 2. The summed E-state index contributed by atoms with van der Waals surface area (Å²) in [4.78, 5) is 26.1. The average Bonchev–Trinajstić information content (AvgIpc) is 2.83. The van der Waals surface area contributed by atoms with E-state index in [-0.39, 0.29) is 21.6 Å². The lowest BCUT2D eigenvalue weighted by molar-refractivity contribution is -0.113. The maximum Gasteiger partial charge on any atom is 0.298 e. The molecule has 1 N–H and O–H groups in total. The van der Waals surface area contributed by atoms with E-state index in [2.05, 4.69) is 0 Å². The number of methoxy groups -OCH3 is 1. The predicted molar refractivity (Wildman–Crippen MR) is 94.6 cm³/mol. The van der Waals surface area contributed by atoms with Gasteiger partial charge in [-0.15, -0.1) is 0 Å². The highest BCUT2D eigenvalue weighted by Gasteiger charge is 2.36. The highest BCUT2D eigenvalue weighted by Crippen LogP contribution is 2.37. The van der Waals surface area contributed by atoms with Gasteiger partial charge >= 0.3 is 0 Å². The molecule has 2 aromatic carbocycles. The molecule has 2 aromatic rings. The minimum Gasteiger partial charge on any atom is -0.504 e. The van der Waals surface area contributed by atoms with Crippen LogP contribution in [0.4, 0.5) is 10.5 Å². The molecule has 1 saturated heterocycles. The van der Waals surface area contributed by atoms with E-state index in [1.54, 1.807) is 42.5 Å². The molecule has 1 aliphatic rings. The normalized spacial score (nSPS) is 16.1. The summed E-state index contributed by atoms with van der Waals surface area (Å²) in [5.41, 5.74) is 1.07. The zero-order valence-electron chi connectivity index (χ0n) is 12.5. The van der Waals surface area contributed by atoms with Crippen LogP contribution in [0.15, 0.2) is 47.4 Å². The van der Waals surface area contributed by atoms with Crippen LogP contribution in [-0.4, -0.2) is 23.4 Å². The Balaban J connectivity index is 1.94. The number of phenols is 1. The number of imide groups is 1. The molecule has 24 heavy (non-hydrogen) atoms. The van der Waals surface area contributed by atoms with E-state index in [1.807, 2.05) is 0 Å².